The van der Waals surface area contributed by atoms with E-state index in [9.17, 15) is 4.79 Å². The van der Waals surface area contributed by atoms with Gasteiger partial charge in [0.1, 0.15) is 5.82 Å². The molecule has 0 aliphatic heterocycles. The molecule has 1 amide bonds. The Morgan fingerprint density at radius 3 is 2.46 bits per heavy atom. The Morgan fingerprint density at radius 1 is 1.11 bits per heavy atom. The van der Waals surface area contributed by atoms with E-state index in [0.29, 0.717) is 24.6 Å². The Balaban J connectivity index is 1.78. The van der Waals surface area contributed by atoms with E-state index in [1.807, 2.05) is 6.07 Å². The molecule has 146 valence electrons. The maximum Gasteiger partial charge on any atom is 0.252 e. The molecule has 2 heterocycles. The van der Waals surface area contributed by atoms with Gasteiger partial charge in [0.15, 0.2) is 0 Å². The van der Waals surface area contributed by atoms with Crippen LogP contribution in [0.4, 0.5) is 5.82 Å². The monoisotopic (exact) mass is 377 g/mol. The number of rotatable bonds is 5. The first-order valence-electron chi connectivity index (χ1n) is 9.48. The lowest BCUT2D eigenvalue weighted by Gasteiger charge is -2.13. The highest BCUT2D eigenvalue weighted by molar-refractivity contribution is 5.90. The number of carbonyl (C=O) groups excluding carboxylic acids is 1. The normalized spacial score (nSPS) is 11.5. The first kappa shape index (κ1) is 19.7. The average molecular weight is 377 g/mol. The quantitative estimate of drug-likeness (QED) is 0.725. The molecule has 0 fully saturated rings. The molecular formula is C22H27N5O. The summed E-state index contributed by atoms with van der Waals surface area (Å²) in [7, 11) is 0. The van der Waals surface area contributed by atoms with E-state index in [2.05, 4.69) is 73.2 Å². The molecular weight excluding hydrogens is 350 g/mol. The van der Waals surface area contributed by atoms with Crippen LogP contribution in [0.5, 0.6) is 0 Å². The third-order valence-corrected chi connectivity index (χ3v) is 4.61. The molecule has 0 bridgehead atoms. The number of nitrogens with one attached hydrogen (secondary N) is 1. The van der Waals surface area contributed by atoms with Gasteiger partial charge in [-0.3, -0.25) is 4.79 Å². The van der Waals surface area contributed by atoms with E-state index >= 15 is 0 Å². The number of carbonyl (C=O) groups is 1. The molecule has 3 aromatic rings. The zero-order chi connectivity index (χ0) is 20.3. The summed E-state index contributed by atoms with van der Waals surface area (Å²) in [5, 5.41) is 7.61. The second kappa shape index (κ2) is 7.92. The van der Waals surface area contributed by atoms with Crippen LogP contribution in [-0.2, 0) is 16.6 Å². The summed E-state index contributed by atoms with van der Waals surface area (Å²) < 4.78 is 1.59. The molecule has 1 aromatic carbocycles. The molecule has 2 aromatic heterocycles. The third kappa shape index (κ3) is 4.63. The molecule has 28 heavy (non-hydrogen) atoms. The average Bonchev–Trinajstić information content (AvgIpc) is 3.06. The van der Waals surface area contributed by atoms with Crippen LogP contribution in [0.15, 0.2) is 42.7 Å². The minimum atomic E-state index is -0.154. The zero-order valence-corrected chi connectivity index (χ0v) is 17.2. The van der Waals surface area contributed by atoms with Crippen LogP contribution in [0, 0.1) is 13.8 Å². The van der Waals surface area contributed by atoms with Crippen molar-refractivity contribution in [2.45, 2.75) is 52.9 Å². The smallest absolute Gasteiger partial charge is 0.252 e. The van der Waals surface area contributed by atoms with Crippen molar-refractivity contribution in [3.63, 3.8) is 0 Å². The minimum Gasteiger partial charge on any atom is -0.310 e. The number of aryl methyl sites for hydroxylation is 3. The van der Waals surface area contributed by atoms with Gasteiger partial charge in [-0.25, -0.2) is 9.97 Å². The van der Waals surface area contributed by atoms with Crippen molar-refractivity contribution in [1.82, 2.24) is 19.7 Å². The molecule has 0 aliphatic rings. The Kier molecular flexibility index (Phi) is 5.58. The highest BCUT2D eigenvalue weighted by Gasteiger charge is 2.22. The number of aromatic nitrogens is 4. The minimum absolute atomic E-state index is 0.0579. The zero-order valence-electron chi connectivity index (χ0n) is 17.2. The fraction of sp³-hybridized carbons (Fsp3) is 0.364. The van der Waals surface area contributed by atoms with Crippen molar-refractivity contribution in [2.24, 2.45) is 0 Å². The molecule has 0 spiro atoms. The molecule has 0 radical (unpaired) electrons. The van der Waals surface area contributed by atoms with Crippen LogP contribution in [0.25, 0.3) is 5.95 Å². The van der Waals surface area contributed by atoms with Crippen molar-refractivity contribution in [3.05, 3.63) is 65.1 Å². The molecule has 1 N–H and O–H groups in total. The van der Waals surface area contributed by atoms with Crippen molar-refractivity contribution in [2.75, 3.05) is 5.32 Å². The first-order valence-corrected chi connectivity index (χ1v) is 9.48. The highest BCUT2D eigenvalue weighted by atomic mass is 16.1. The predicted octanol–water partition coefficient (Wildman–Crippen LogP) is 4.15. The van der Waals surface area contributed by atoms with Crippen LogP contribution >= 0.6 is 0 Å². The summed E-state index contributed by atoms with van der Waals surface area (Å²) in [6.07, 6.45) is 4.41. The van der Waals surface area contributed by atoms with Gasteiger partial charge in [0, 0.05) is 30.3 Å². The largest absolute Gasteiger partial charge is 0.310 e. The van der Waals surface area contributed by atoms with E-state index in [1.54, 1.807) is 23.1 Å². The predicted molar refractivity (Wildman–Crippen MR) is 111 cm³/mol. The Labute approximate surface area is 166 Å². The van der Waals surface area contributed by atoms with Gasteiger partial charge in [0.25, 0.3) is 5.95 Å². The maximum absolute atomic E-state index is 12.6. The molecule has 0 aliphatic carbocycles. The maximum atomic E-state index is 12.6. The summed E-state index contributed by atoms with van der Waals surface area (Å²) in [4.78, 5) is 21.1. The molecule has 0 atom stereocenters. The summed E-state index contributed by atoms with van der Waals surface area (Å²) in [5.41, 5.74) is 4.34. The number of hydrogen-bond acceptors (Lipinski definition) is 4. The summed E-state index contributed by atoms with van der Waals surface area (Å²) in [6.45, 7) is 10.4. The Hall–Kier alpha value is -3.02. The molecule has 3 rings (SSSR count). The van der Waals surface area contributed by atoms with Gasteiger partial charge in [0.2, 0.25) is 5.91 Å². The SMILES string of the molecule is Cc1ccc(CCC(=O)Nc2cc(C(C)(C)C)nn2-c2ncccn2)c(C)c1. The van der Waals surface area contributed by atoms with E-state index in [-0.39, 0.29) is 11.3 Å². The molecule has 0 saturated carbocycles. The highest BCUT2D eigenvalue weighted by Crippen LogP contribution is 2.25. The van der Waals surface area contributed by atoms with Gasteiger partial charge in [0.05, 0.1) is 5.69 Å². The topological polar surface area (TPSA) is 72.7 Å². The summed E-state index contributed by atoms with van der Waals surface area (Å²) in [5.74, 6) is 0.960. The Bertz CT molecular complexity index is 970. The second-order valence-electron chi connectivity index (χ2n) is 8.10. The van der Waals surface area contributed by atoms with Gasteiger partial charge >= 0.3 is 0 Å². The van der Waals surface area contributed by atoms with Gasteiger partial charge in [-0.15, -0.1) is 0 Å². The van der Waals surface area contributed by atoms with Crippen LogP contribution in [0.3, 0.4) is 0 Å². The van der Waals surface area contributed by atoms with Crippen LogP contribution in [-0.4, -0.2) is 25.7 Å². The van der Waals surface area contributed by atoms with Crippen molar-refractivity contribution >= 4 is 11.7 Å². The number of hydrogen-bond donors (Lipinski definition) is 1. The van der Waals surface area contributed by atoms with Crippen molar-refractivity contribution in [3.8, 4) is 5.95 Å². The van der Waals surface area contributed by atoms with E-state index in [1.165, 1.54) is 16.7 Å². The molecule has 6 nitrogen and oxygen atoms in total. The first-order chi connectivity index (χ1) is 13.2. The lowest BCUT2D eigenvalue weighted by Crippen LogP contribution is -2.16. The molecule has 6 heteroatoms. The van der Waals surface area contributed by atoms with Gasteiger partial charge < -0.3 is 5.32 Å². The van der Waals surface area contributed by atoms with Gasteiger partial charge in [-0.05, 0) is 37.5 Å². The number of amides is 1. The molecule has 0 unspecified atom stereocenters. The van der Waals surface area contributed by atoms with E-state index in [0.717, 1.165) is 5.69 Å². The lowest BCUT2D eigenvalue weighted by molar-refractivity contribution is -0.116. The summed E-state index contributed by atoms with van der Waals surface area (Å²) in [6, 6.07) is 9.96. The standard InChI is InChI=1S/C22H27N5O/c1-15-7-8-17(16(2)13-15)9-10-20(28)25-19-14-18(22(3,4)5)26-27(19)21-23-11-6-12-24-21/h6-8,11-14H,9-10H2,1-5H3,(H,25,28). The number of nitrogens with zero attached hydrogens (tertiary/aromatic N) is 4. The summed E-state index contributed by atoms with van der Waals surface area (Å²) >= 11 is 0. The van der Waals surface area contributed by atoms with Crippen LogP contribution in [0.1, 0.15) is 49.6 Å². The van der Waals surface area contributed by atoms with Crippen LogP contribution < -0.4 is 5.32 Å². The Morgan fingerprint density at radius 2 is 1.82 bits per heavy atom. The number of anilines is 1. The fourth-order valence-electron chi connectivity index (χ4n) is 2.97. The fourth-order valence-corrected chi connectivity index (χ4v) is 2.97. The molecule has 0 saturated heterocycles. The van der Waals surface area contributed by atoms with Gasteiger partial charge in [-0.2, -0.15) is 9.78 Å². The van der Waals surface area contributed by atoms with E-state index in [4.69, 9.17) is 0 Å². The van der Waals surface area contributed by atoms with Gasteiger partial charge in [-0.1, -0.05) is 44.5 Å². The lowest BCUT2D eigenvalue weighted by atomic mass is 9.92. The van der Waals surface area contributed by atoms with Crippen molar-refractivity contribution in [1.29, 1.82) is 0 Å². The van der Waals surface area contributed by atoms with E-state index < -0.39 is 0 Å². The van der Waals surface area contributed by atoms with Crippen molar-refractivity contribution < 1.29 is 4.79 Å². The second-order valence-corrected chi connectivity index (χ2v) is 8.10. The van der Waals surface area contributed by atoms with Crippen LogP contribution in [0.2, 0.25) is 0 Å². The third-order valence-electron chi connectivity index (χ3n) is 4.61. The number of benzene rings is 1.